The summed E-state index contributed by atoms with van der Waals surface area (Å²) in [5, 5.41) is 0. The van der Waals surface area contributed by atoms with E-state index in [9.17, 15) is 0 Å². The molecule has 0 aliphatic rings. The van der Waals surface area contributed by atoms with E-state index in [2.05, 4.69) is 27.7 Å². The Morgan fingerprint density at radius 3 is 2.07 bits per heavy atom. The fraction of sp³-hybridized carbons (Fsp3) is 1.00. The summed E-state index contributed by atoms with van der Waals surface area (Å²) in [6.07, 6.45) is 3.81. The molecule has 0 spiro atoms. The molecule has 14 heavy (non-hydrogen) atoms. The predicted octanol–water partition coefficient (Wildman–Crippen LogP) is 3.25. The van der Waals surface area contributed by atoms with Crippen molar-refractivity contribution in [2.75, 3.05) is 19.8 Å². The molecule has 0 atom stereocenters. The average Bonchev–Trinajstić information content (AvgIpc) is 2.08. The minimum absolute atomic E-state index is 0.343. The summed E-state index contributed by atoms with van der Waals surface area (Å²) in [6, 6.07) is 0. The van der Waals surface area contributed by atoms with Crippen molar-refractivity contribution in [3.8, 4) is 0 Å². The highest BCUT2D eigenvalue weighted by Crippen LogP contribution is 2.03. The summed E-state index contributed by atoms with van der Waals surface area (Å²) in [7, 11) is 0. The first-order chi connectivity index (χ1) is 6.63. The maximum atomic E-state index is 5.49. The van der Waals surface area contributed by atoms with Gasteiger partial charge in [-0.15, -0.1) is 0 Å². The lowest BCUT2D eigenvalue weighted by Gasteiger charge is -2.08. The Balaban J connectivity index is 2.92. The normalized spacial score (nSPS) is 11.6. The van der Waals surface area contributed by atoms with Crippen LogP contribution in [-0.4, -0.2) is 25.9 Å². The molecule has 0 radical (unpaired) electrons. The third-order valence-corrected chi connectivity index (χ3v) is 1.95. The van der Waals surface area contributed by atoms with Crippen molar-refractivity contribution >= 4 is 0 Å². The fourth-order valence-corrected chi connectivity index (χ4v) is 1.18. The van der Waals surface area contributed by atoms with Crippen molar-refractivity contribution in [2.45, 2.75) is 53.1 Å². The molecule has 0 unspecified atom stereocenters. The summed E-state index contributed by atoms with van der Waals surface area (Å²) >= 11 is 0. The monoisotopic (exact) mass is 202 g/mol. The van der Waals surface area contributed by atoms with Crippen LogP contribution in [0.4, 0.5) is 0 Å². The van der Waals surface area contributed by atoms with Crippen LogP contribution in [0.3, 0.4) is 0 Å². The third-order valence-electron chi connectivity index (χ3n) is 1.95. The lowest BCUT2D eigenvalue weighted by molar-refractivity contribution is 0.0503. The van der Waals surface area contributed by atoms with E-state index in [1.807, 2.05) is 0 Å². The van der Waals surface area contributed by atoms with Gasteiger partial charge in [0.05, 0.1) is 6.10 Å². The number of rotatable bonds is 9. The van der Waals surface area contributed by atoms with E-state index in [1.165, 1.54) is 12.8 Å². The van der Waals surface area contributed by atoms with Gasteiger partial charge in [0.2, 0.25) is 0 Å². The smallest absolute Gasteiger partial charge is 0.0518 e. The molecule has 0 aliphatic carbocycles. The van der Waals surface area contributed by atoms with Crippen LogP contribution >= 0.6 is 0 Å². The second-order valence-corrected chi connectivity index (χ2v) is 4.42. The molecule has 0 fully saturated rings. The van der Waals surface area contributed by atoms with Crippen LogP contribution in [-0.2, 0) is 9.47 Å². The molecule has 0 saturated heterocycles. The highest BCUT2D eigenvalue weighted by Gasteiger charge is 1.95. The van der Waals surface area contributed by atoms with Crippen molar-refractivity contribution < 1.29 is 9.47 Å². The fourth-order valence-electron chi connectivity index (χ4n) is 1.18. The van der Waals surface area contributed by atoms with Crippen molar-refractivity contribution in [1.82, 2.24) is 0 Å². The van der Waals surface area contributed by atoms with Crippen LogP contribution in [0.5, 0.6) is 0 Å². The van der Waals surface area contributed by atoms with Gasteiger partial charge < -0.3 is 9.47 Å². The second-order valence-electron chi connectivity index (χ2n) is 4.42. The van der Waals surface area contributed by atoms with Crippen LogP contribution < -0.4 is 0 Å². The zero-order chi connectivity index (χ0) is 10.8. The molecular formula is C12H26O2. The second kappa shape index (κ2) is 9.47. The molecule has 0 aromatic carbocycles. The van der Waals surface area contributed by atoms with Crippen LogP contribution in [0.25, 0.3) is 0 Å². The molecule has 0 saturated carbocycles. The molecule has 2 nitrogen and oxygen atoms in total. The summed E-state index contributed by atoms with van der Waals surface area (Å²) in [5.74, 6) is 0.794. The highest BCUT2D eigenvalue weighted by molar-refractivity contribution is 4.45. The summed E-state index contributed by atoms with van der Waals surface area (Å²) in [4.78, 5) is 0. The molecule has 0 heterocycles. The predicted molar refractivity (Wildman–Crippen MR) is 60.6 cm³/mol. The van der Waals surface area contributed by atoms with Gasteiger partial charge in [0, 0.05) is 19.8 Å². The minimum Gasteiger partial charge on any atom is -0.381 e. The number of hydrogen-bond acceptors (Lipinski definition) is 2. The van der Waals surface area contributed by atoms with Gasteiger partial charge in [-0.1, -0.05) is 13.8 Å². The molecule has 0 rings (SSSR count). The van der Waals surface area contributed by atoms with Gasteiger partial charge in [-0.05, 0) is 39.0 Å². The first-order valence-electron chi connectivity index (χ1n) is 5.82. The Morgan fingerprint density at radius 2 is 1.50 bits per heavy atom. The SMILES string of the molecule is CC(C)CCCOCCCOC(C)C. The van der Waals surface area contributed by atoms with E-state index in [0.717, 1.165) is 32.2 Å². The summed E-state index contributed by atoms with van der Waals surface area (Å²) < 4.78 is 10.9. The van der Waals surface area contributed by atoms with E-state index in [1.54, 1.807) is 0 Å². The molecule has 0 N–H and O–H groups in total. The van der Waals surface area contributed by atoms with Gasteiger partial charge in [0.1, 0.15) is 0 Å². The largest absolute Gasteiger partial charge is 0.381 e. The summed E-state index contributed by atoms with van der Waals surface area (Å²) in [5.41, 5.74) is 0. The Morgan fingerprint density at radius 1 is 0.857 bits per heavy atom. The lowest BCUT2D eigenvalue weighted by atomic mass is 10.1. The quantitative estimate of drug-likeness (QED) is 0.534. The average molecular weight is 202 g/mol. The third kappa shape index (κ3) is 11.9. The Hall–Kier alpha value is -0.0800. The van der Waals surface area contributed by atoms with Gasteiger partial charge in [-0.25, -0.2) is 0 Å². The maximum Gasteiger partial charge on any atom is 0.0518 e. The molecule has 0 amide bonds. The first kappa shape index (κ1) is 13.9. The van der Waals surface area contributed by atoms with Crippen LogP contribution in [0.15, 0.2) is 0 Å². The zero-order valence-corrected chi connectivity index (χ0v) is 10.2. The Labute approximate surface area is 89.0 Å². The number of hydrogen-bond donors (Lipinski definition) is 0. The van der Waals surface area contributed by atoms with Gasteiger partial charge in [-0.2, -0.15) is 0 Å². The molecular weight excluding hydrogens is 176 g/mol. The molecule has 2 heteroatoms. The molecule has 0 aromatic heterocycles. The van der Waals surface area contributed by atoms with Crippen LogP contribution in [0, 0.1) is 5.92 Å². The molecule has 0 aromatic rings. The lowest BCUT2D eigenvalue weighted by Crippen LogP contribution is -2.07. The minimum atomic E-state index is 0.343. The van der Waals surface area contributed by atoms with Gasteiger partial charge in [0.15, 0.2) is 0 Å². The zero-order valence-electron chi connectivity index (χ0n) is 10.2. The highest BCUT2D eigenvalue weighted by atomic mass is 16.5. The molecule has 86 valence electrons. The van der Waals surface area contributed by atoms with Crippen LogP contribution in [0.2, 0.25) is 0 Å². The van der Waals surface area contributed by atoms with E-state index in [4.69, 9.17) is 9.47 Å². The van der Waals surface area contributed by atoms with Crippen molar-refractivity contribution in [2.24, 2.45) is 5.92 Å². The van der Waals surface area contributed by atoms with E-state index < -0.39 is 0 Å². The maximum absolute atomic E-state index is 5.49. The van der Waals surface area contributed by atoms with Crippen LogP contribution in [0.1, 0.15) is 47.0 Å². The van der Waals surface area contributed by atoms with Gasteiger partial charge >= 0.3 is 0 Å². The van der Waals surface area contributed by atoms with Crippen molar-refractivity contribution in [3.63, 3.8) is 0 Å². The first-order valence-corrected chi connectivity index (χ1v) is 5.82. The Bertz CT molecular complexity index is 96.9. The Kier molecular flexibility index (Phi) is 9.42. The van der Waals surface area contributed by atoms with Crippen molar-refractivity contribution in [1.29, 1.82) is 0 Å². The van der Waals surface area contributed by atoms with Gasteiger partial charge in [0.25, 0.3) is 0 Å². The van der Waals surface area contributed by atoms with Crippen molar-refractivity contribution in [3.05, 3.63) is 0 Å². The van der Waals surface area contributed by atoms with Gasteiger partial charge in [-0.3, -0.25) is 0 Å². The standard InChI is InChI=1S/C12H26O2/c1-11(2)7-5-8-13-9-6-10-14-12(3)4/h11-12H,5-10H2,1-4H3. The topological polar surface area (TPSA) is 18.5 Å². The van der Waals surface area contributed by atoms with E-state index in [-0.39, 0.29) is 0 Å². The molecule has 0 aliphatic heterocycles. The molecule has 0 bridgehead atoms. The summed E-state index contributed by atoms with van der Waals surface area (Å²) in [6.45, 7) is 11.2. The number of ether oxygens (including phenoxy) is 2. The van der Waals surface area contributed by atoms with E-state index >= 15 is 0 Å². The van der Waals surface area contributed by atoms with E-state index in [0.29, 0.717) is 6.10 Å².